The molecule has 7 heteroatoms. The molecule has 0 aromatic carbocycles. The fraction of sp³-hybridized carbons (Fsp3) is 1.00. The minimum absolute atomic E-state index is 0.347. The summed E-state index contributed by atoms with van der Waals surface area (Å²) in [5.74, 6) is 0. The molecule has 1 unspecified atom stereocenters. The van der Waals surface area contributed by atoms with Gasteiger partial charge in [-0.15, -0.1) is 0 Å². The van der Waals surface area contributed by atoms with Crippen LogP contribution in [0.3, 0.4) is 0 Å². The smallest absolute Gasteiger partial charge is 0.231 e. The molecule has 0 amide bonds. The van der Waals surface area contributed by atoms with Gasteiger partial charge in [0.2, 0.25) is 11.3 Å². The molecule has 0 saturated carbocycles. The highest BCUT2D eigenvalue weighted by Gasteiger charge is 1.91. The van der Waals surface area contributed by atoms with Crippen molar-refractivity contribution in [1.29, 1.82) is 0 Å². The monoisotopic (exact) mass is 212 g/mol. The number of nitrogens with one attached hydrogen (secondary N) is 1. The van der Waals surface area contributed by atoms with E-state index in [4.69, 9.17) is 19.8 Å². The van der Waals surface area contributed by atoms with Crippen LogP contribution < -0.4 is 10.5 Å². The molecule has 0 spiro atoms. The minimum atomic E-state index is -1.95. The van der Waals surface area contributed by atoms with Crippen LogP contribution in [0.4, 0.5) is 0 Å². The SMILES string of the molecule is NCCOCCOCCNS(=O)O. The molecular formula is C6H16N2O4S. The van der Waals surface area contributed by atoms with Crippen molar-refractivity contribution in [3.8, 4) is 0 Å². The van der Waals surface area contributed by atoms with Crippen LogP contribution in [0.2, 0.25) is 0 Å². The third-order valence-corrected chi connectivity index (χ3v) is 1.56. The van der Waals surface area contributed by atoms with E-state index in [-0.39, 0.29) is 0 Å². The Balaban J connectivity index is 2.87. The van der Waals surface area contributed by atoms with Gasteiger partial charge in [0.05, 0.1) is 26.4 Å². The highest BCUT2D eigenvalue weighted by molar-refractivity contribution is 7.77. The van der Waals surface area contributed by atoms with Gasteiger partial charge in [-0.3, -0.25) is 4.55 Å². The lowest BCUT2D eigenvalue weighted by Crippen LogP contribution is -2.22. The highest BCUT2D eigenvalue weighted by atomic mass is 32.2. The Kier molecular flexibility index (Phi) is 10.00. The summed E-state index contributed by atoms with van der Waals surface area (Å²) in [5.41, 5.74) is 5.19. The lowest BCUT2D eigenvalue weighted by Gasteiger charge is -2.04. The van der Waals surface area contributed by atoms with E-state index in [0.29, 0.717) is 39.5 Å². The summed E-state index contributed by atoms with van der Waals surface area (Å²) in [6, 6.07) is 0. The van der Waals surface area contributed by atoms with E-state index < -0.39 is 11.3 Å². The van der Waals surface area contributed by atoms with Crippen LogP contribution in [-0.2, 0) is 20.7 Å². The van der Waals surface area contributed by atoms with Gasteiger partial charge in [0, 0.05) is 13.1 Å². The maximum atomic E-state index is 10.1. The number of rotatable bonds is 9. The Bertz CT molecular complexity index is 136. The Morgan fingerprint density at radius 2 is 1.85 bits per heavy atom. The number of nitrogens with two attached hydrogens (primary N) is 1. The zero-order valence-corrected chi connectivity index (χ0v) is 8.22. The van der Waals surface area contributed by atoms with E-state index >= 15 is 0 Å². The maximum absolute atomic E-state index is 10.1. The average Bonchev–Trinajstić information content (AvgIpc) is 2.09. The molecule has 0 heterocycles. The van der Waals surface area contributed by atoms with Gasteiger partial charge in [0.15, 0.2) is 0 Å². The molecule has 0 aromatic rings. The Hall–Kier alpha value is -0.0500. The van der Waals surface area contributed by atoms with Crippen molar-refractivity contribution in [2.45, 2.75) is 0 Å². The average molecular weight is 212 g/mol. The molecular weight excluding hydrogens is 196 g/mol. The Morgan fingerprint density at radius 1 is 1.23 bits per heavy atom. The zero-order chi connectivity index (χ0) is 9.94. The quantitative estimate of drug-likeness (QED) is 0.326. The summed E-state index contributed by atoms with van der Waals surface area (Å²) in [6.45, 7) is 2.74. The highest BCUT2D eigenvalue weighted by Crippen LogP contribution is 1.77. The molecule has 0 radical (unpaired) electrons. The molecule has 13 heavy (non-hydrogen) atoms. The molecule has 4 N–H and O–H groups in total. The van der Waals surface area contributed by atoms with Crippen molar-refractivity contribution in [2.24, 2.45) is 5.73 Å². The number of ether oxygens (including phenoxy) is 2. The fourth-order valence-electron chi connectivity index (χ4n) is 0.606. The van der Waals surface area contributed by atoms with Crippen LogP contribution in [0.25, 0.3) is 0 Å². The molecule has 6 nitrogen and oxygen atoms in total. The summed E-state index contributed by atoms with van der Waals surface area (Å²) in [4.78, 5) is 0. The van der Waals surface area contributed by atoms with Gasteiger partial charge in [-0.1, -0.05) is 0 Å². The van der Waals surface area contributed by atoms with E-state index in [1.807, 2.05) is 0 Å². The first kappa shape index (κ1) is 12.9. The van der Waals surface area contributed by atoms with Gasteiger partial charge in [0.25, 0.3) is 0 Å². The lowest BCUT2D eigenvalue weighted by atomic mass is 10.7. The molecule has 0 bridgehead atoms. The van der Waals surface area contributed by atoms with Gasteiger partial charge >= 0.3 is 0 Å². The standard InChI is InChI=1S/C6H16N2O4S/c7-1-3-11-5-6-12-4-2-8-13(9)10/h8H,1-7H2,(H,9,10). The lowest BCUT2D eigenvalue weighted by molar-refractivity contribution is 0.0530. The van der Waals surface area contributed by atoms with Gasteiger partial charge in [-0.2, -0.15) is 0 Å². The van der Waals surface area contributed by atoms with Crippen molar-refractivity contribution >= 4 is 11.3 Å². The largest absolute Gasteiger partial charge is 0.378 e. The molecule has 1 atom stereocenters. The first-order chi connectivity index (χ1) is 6.27. The maximum Gasteiger partial charge on any atom is 0.231 e. The molecule has 0 aliphatic carbocycles. The van der Waals surface area contributed by atoms with E-state index in [2.05, 4.69) is 4.72 Å². The van der Waals surface area contributed by atoms with Gasteiger partial charge in [-0.25, -0.2) is 8.93 Å². The molecule has 0 aliphatic rings. The fourth-order valence-corrected chi connectivity index (χ4v) is 0.864. The van der Waals surface area contributed by atoms with Crippen molar-refractivity contribution in [3.63, 3.8) is 0 Å². The normalized spacial score (nSPS) is 13.1. The van der Waals surface area contributed by atoms with E-state index in [0.717, 1.165) is 0 Å². The van der Waals surface area contributed by atoms with Gasteiger partial charge < -0.3 is 15.2 Å². The first-order valence-corrected chi connectivity index (χ1v) is 5.08. The second-order valence-corrected chi connectivity index (χ2v) is 2.94. The molecule has 0 aliphatic heterocycles. The van der Waals surface area contributed by atoms with Crippen LogP contribution in [-0.4, -0.2) is 48.3 Å². The zero-order valence-electron chi connectivity index (χ0n) is 7.40. The van der Waals surface area contributed by atoms with Crippen LogP contribution in [0.15, 0.2) is 0 Å². The third-order valence-electron chi connectivity index (χ3n) is 1.11. The van der Waals surface area contributed by atoms with Crippen molar-refractivity contribution in [1.82, 2.24) is 4.72 Å². The number of hydrogen-bond donors (Lipinski definition) is 3. The van der Waals surface area contributed by atoms with Crippen molar-refractivity contribution in [3.05, 3.63) is 0 Å². The Labute approximate surface area is 80.2 Å². The number of hydrogen-bond acceptors (Lipinski definition) is 4. The second-order valence-electron chi connectivity index (χ2n) is 2.16. The summed E-state index contributed by atoms with van der Waals surface area (Å²) in [6.07, 6.45) is 0. The van der Waals surface area contributed by atoms with Gasteiger partial charge in [0.1, 0.15) is 0 Å². The summed E-state index contributed by atoms with van der Waals surface area (Å²) in [7, 11) is 0. The summed E-state index contributed by atoms with van der Waals surface area (Å²) in [5, 5.41) is 0. The van der Waals surface area contributed by atoms with E-state index in [1.165, 1.54) is 0 Å². The molecule has 0 rings (SSSR count). The topological polar surface area (TPSA) is 93.8 Å². The molecule has 0 aromatic heterocycles. The van der Waals surface area contributed by atoms with Crippen molar-refractivity contribution < 1.29 is 18.2 Å². The predicted molar refractivity (Wildman–Crippen MR) is 49.5 cm³/mol. The summed E-state index contributed by atoms with van der Waals surface area (Å²) < 4.78 is 30.7. The third kappa shape index (κ3) is 12.0. The van der Waals surface area contributed by atoms with E-state index in [1.54, 1.807) is 0 Å². The van der Waals surface area contributed by atoms with Crippen LogP contribution in [0.5, 0.6) is 0 Å². The van der Waals surface area contributed by atoms with Gasteiger partial charge in [-0.05, 0) is 0 Å². The second kappa shape index (κ2) is 10.0. The Morgan fingerprint density at radius 3 is 2.38 bits per heavy atom. The van der Waals surface area contributed by atoms with Crippen LogP contribution >= 0.6 is 0 Å². The molecule has 0 fully saturated rings. The minimum Gasteiger partial charge on any atom is -0.378 e. The molecule has 0 saturated heterocycles. The van der Waals surface area contributed by atoms with Crippen LogP contribution in [0.1, 0.15) is 0 Å². The predicted octanol–water partition coefficient (Wildman–Crippen LogP) is -1.30. The molecule has 80 valence electrons. The summed E-state index contributed by atoms with van der Waals surface area (Å²) >= 11 is -1.95. The first-order valence-electron chi connectivity index (χ1n) is 3.97. The van der Waals surface area contributed by atoms with Crippen LogP contribution in [0, 0.1) is 0 Å². The van der Waals surface area contributed by atoms with E-state index in [9.17, 15) is 4.21 Å². The van der Waals surface area contributed by atoms with Crippen molar-refractivity contribution in [2.75, 3.05) is 39.5 Å².